The lowest BCUT2D eigenvalue weighted by molar-refractivity contribution is -0.119. The summed E-state index contributed by atoms with van der Waals surface area (Å²) in [5.41, 5.74) is 5.23. The molecule has 19 heavy (non-hydrogen) atoms. The highest BCUT2D eigenvalue weighted by atomic mass is 16.5. The molecule has 1 aliphatic rings. The minimum Gasteiger partial charge on any atom is -0.370 e. The Balaban J connectivity index is 1.80. The first-order valence-corrected chi connectivity index (χ1v) is 6.87. The molecule has 1 amide bonds. The van der Waals surface area contributed by atoms with Gasteiger partial charge in [-0.05, 0) is 31.8 Å². The first kappa shape index (κ1) is 14.0. The van der Waals surface area contributed by atoms with Gasteiger partial charge in [0.25, 0.3) is 0 Å². The molecular formula is C13H22N4O2. The number of carbonyl (C=O) groups is 1. The maximum absolute atomic E-state index is 10.9. The molecule has 1 aromatic heterocycles. The van der Waals surface area contributed by atoms with Crippen molar-refractivity contribution in [2.45, 2.75) is 45.6 Å². The highest BCUT2D eigenvalue weighted by Crippen LogP contribution is 2.21. The molecule has 0 unspecified atom stereocenters. The van der Waals surface area contributed by atoms with E-state index in [2.05, 4.69) is 15.0 Å². The zero-order chi connectivity index (χ0) is 13.8. The van der Waals surface area contributed by atoms with E-state index >= 15 is 0 Å². The molecular weight excluding hydrogens is 244 g/mol. The third-order valence-corrected chi connectivity index (χ3v) is 3.56. The number of nitrogens with zero attached hydrogens (tertiary/aromatic N) is 3. The third-order valence-electron chi connectivity index (χ3n) is 3.56. The number of rotatable bonds is 5. The number of piperidine rings is 1. The largest absolute Gasteiger partial charge is 0.370 e. The maximum atomic E-state index is 10.9. The van der Waals surface area contributed by atoms with Crippen molar-refractivity contribution in [1.82, 2.24) is 15.0 Å². The van der Waals surface area contributed by atoms with E-state index in [1.54, 1.807) is 0 Å². The lowest BCUT2D eigenvalue weighted by Gasteiger charge is -2.30. The fourth-order valence-electron chi connectivity index (χ4n) is 2.39. The Morgan fingerprint density at radius 2 is 2.16 bits per heavy atom. The van der Waals surface area contributed by atoms with Gasteiger partial charge in [0.2, 0.25) is 11.8 Å². The van der Waals surface area contributed by atoms with Crippen molar-refractivity contribution < 1.29 is 9.32 Å². The first-order valence-electron chi connectivity index (χ1n) is 6.87. The van der Waals surface area contributed by atoms with Gasteiger partial charge in [0, 0.05) is 12.3 Å². The van der Waals surface area contributed by atoms with Gasteiger partial charge in [-0.1, -0.05) is 19.0 Å². The van der Waals surface area contributed by atoms with Crippen molar-refractivity contribution in [3.05, 3.63) is 11.7 Å². The zero-order valence-corrected chi connectivity index (χ0v) is 11.6. The second kappa shape index (κ2) is 6.14. The first-order chi connectivity index (χ1) is 9.04. The second-order valence-corrected chi connectivity index (χ2v) is 5.59. The molecule has 1 saturated heterocycles. The standard InChI is InChI=1S/C13H22N4O2/c1-9(2)13-15-12(19-16-13)8-17-5-3-10(4-6-17)7-11(14)18/h9-10H,3-8H2,1-2H3,(H2,14,18). The lowest BCUT2D eigenvalue weighted by atomic mass is 9.93. The molecule has 2 heterocycles. The van der Waals surface area contributed by atoms with Crippen LogP contribution in [0.3, 0.4) is 0 Å². The Bertz CT molecular complexity index is 422. The Hall–Kier alpha value is -1.43. The van der Waals surface area contributed by atoms with Gasteiger partial charge in [-0.15, -0.1) is 0 Å². The molecule has 0 saturated carbocycles. The van der Waals surface area contributed by atoms with E-state index in [9.17, 15) is 4.79 Å². The molecule has 0 aliphatic carbocycles. The van der Waals surface area contributed by atoms with Crippen LogP contribution in [0.15, 0.2) is 4.52 Å². The monoisotopic (exact) mass is 266 g/mol. The summed E-state index contributed by atoms with van der Waals surface area (Å²) in [5.74, 6) is 1.97. The Morgan fingerprint density at radius 3 is 2.68 bits per heavy atom. The number of hydrogen-bond donors (Lipinski definition) is 1. The van der Waals surface area contributed by atoms with Crippen LogP contribution in [0.5, 0.6) is 0 Å². The molecule has 6 nitrogen and oxygen atoms in total. The van der Waals surface area contributed by atoms with Crippen LogP contribution in [0, 0.1) is 5.92 Å². The summed E-state index contributed by atoms with van der Waals surface area (Å²) in [6, 6.07) is 0. The second-order valence-electron chi connectivity index (χ2n) is 5.59. The highest BCUT2D eigenvalue weighted by Gasteiger charge is 2.22. The van der Waals surface area contributed by atoms with Crippen molar-refractivity contribution in [3.8, 4) is 0 Å². The summed E-state index contributed by atoms with van der Waals surface area (Å²) in [6.45, 7) is 6.70. The van der Waals surface area contributed by atoms with Crippen LogP contribution >= 0.6 is 0 Å². The number of likely N-dealkylation sites (tertiary alicyclic amines) is 1. The average molecular weight is 266 g/mol. The summed E-state index contributed by atoms with van der Waals surface area (Å²) in [6.07, 6.45) is 2.52. The zero-order valence-electron chi connectivity index (χ0n) is 11.6. The van der Waals surface area contributed by atoms with Crippen LogP contribution in [0.1, 0.15) is 50.7 Å². The Morgan fingerprint density at radius 1 is 1.47 bits per heavy atom. The molecule has 0 spiro atoms. The number of nitrogens with two attached hydrogens (primary N) is 1. The molecule has 0 aromatic carbocycles. The molecule has 2 rings (SSSR count). The van der Waals surface area contributed by atoms with E-state index in [0.29, 0.717) is 30.7 Å². The minimum atomic E-state index is -0.197. The van der Waals surface area contributed by atoms with Crippen LogP contribution in [0.4, 0.5) is 0 Å². The van der Waals surface area contributed by atoms with Crippen molar-refractivity contribution in [2.75, 3.05) is 13.1 Å². The van der Waals surface area contributed by atoms with E-state index in [-0.39, 0.29) is 5.91 Å². The fourth-order valence-corrected chi connectivity index (χ4v) is 2.39. The van der Waals surface area contributed by atoms with Gasteiger partial charge in [-0.3, -0.25) is 9.69 Å². The van der Waals surface area contributed by atoms with Gasteiger partial charge in [0.15, 0.2) is 5.82 Å². The van der Waals surface area contributed by atoms with E-state index in [1.165, 1.54) is 0 Å². The topological polar surface area (TPSA) is 85.3 Å². The van der Waals surface area contributed by atoms with Crippen LogP contribution < -0.4 is 5.73 Å². The molecule has 1 fully saturated rings. The summed E-state index contributed by atoms with van der Waals surface area (Å²) in [5, 5.41) is 3.96. The molecule has 2 N–H and O–H groups in total. The number of primary amides is 1. The molecule has 6 heteroatoms. The molecule has 0 atom stereocenters. The van der Waals surface area contributed by atoms with E-state index in [4.69, 9.17) is 10.3 Å². The molecule has 1 aliphatic heterocycles. The number of hydrogen-bond acceptors (Lipinski definition) is 5. The Kier molecular flexibility index (Phi) is 4.52. The van der Waals surface area contributed by atoms with Crippen LogP contribution in [-0.2, 0) is 11.3 Å². The number of amides is 1. The average Bonchev–Trinajstić information content (AvgIpc) is 2.80. The summed E-state index contributed by atoms with van der Waals surface area (Å²) < 4.78 is 5.24. The van der Waals surface area contributed by atoms with Gasteiger partial charge < -0.3 is 10.3 Å². The van der Waals surface area contributed by atoms with Crippen molar-refractivity contribution in [3.63, 3.8) is 0 Å². The van der Waals surface area contributed by atoms with Gasteiger partial charge in [0.1, 0.15) is 0 Å². The van der Waals surface area contributed by atoms with Crippen molar-refractivity contribution >= 4 is 5.91 Å². The SMILES string of the molecule is CC(C)c1noc(CN2CCC(CC(N)=O)CC2)n1. The number of aromatic nitrogens is 2. The fraction of sp³-hybridized carbons (Fsp3) is 0.769. The normalized spacial score (nSPS) is 18.1. The summed E-state index contributed by atoms with van der Waals surface area (Å²) in [4.78, 5) is 17.5. The van der Waals surface area contributed by atoms with E-state index < -0.39 is 0 Å². The van der Waals surface area contributed by atoms with Crippen LogP contribution in [-0.4, -0.2) is 34.0 Å². The van der Waals surface area contributed by atoms with Crippen LogP contribution in [0.2, 0.25) is 0 Å². The molecule has 0 radical (unpaired) electrons. The quantitative estimate of drug-likeness (QED) is 0.867. The molecule has 106 valence electrons. The number of carbonyl (C=O) groups excluding carboxylic acids is 1. The van der Waals surface area contributed by atoms with Gasteiger partial charge in [0.05, 0.1) is 6.54 Å². The minimum absolute atomic E-state index is 0.197. The third kappa shape index (κ3) is 4.02. The molecule has 0 bridgehead atoms. The van der Waals surface area contributed by atoms with Gasteiger partial charge in [-0.2, -0.15) is 4.98 Å². The highest BCUT2D eigenvalue weighted by molar-refractivity contribution is 5.73. The van der Waals surface area contributed by atoms with Crippen molar-refractivity contribution in [1.29, 1.82) is 0 Å². The smallest absolute Gasteiger partial charge is 0.240 e. The summed E-state index contributed by atoms with van der Waals surface area (Å²) in [7, 11) is 0. The Labute approximate surface area is 113 Å². The lowest BCUT2D eigenvalue weighted by Crippen LogP contribution is -2.34. The predicted molar refractivity (Wildman–Crippen MR) is 70.2 cm³/mol. The van der Waals surface area contributed by atoms with Gasteiger partial charge in [-0.25, -0.2) is 0 Å². The van der Waals surface area contributed by atoms with Gasteiger partial charge >= 0.3 is 0 Å². The van der Waals surface area contributed by atoms with E-state index in [1.807, 2.05) is 13.8 Å². The van der Waals surface area contributed by atoms with Crippen LogP contribution in [0.25, 0.3) is 0 Å². The summed E-state index contributed by atoms with van der Waals surface area (Å²) >= 11 is 0. The predicted octanol–water partition coefficient (Wildman–Crippen LogP) is 1.28. The van der Waals surface area contributed by atoms with E-state index in [0.717, 1.165) is 31.8 Å². The molecule has 1 aromatic rings. The van der Waals surface area contributed by atoms with Crippen molar-refractivity contribution in [2.24, 2.45) is 11.7 Å². The maximum Gasteiger partial charge on any atom is 0.240 e.